The van der Waals surface area contributed by atoms with Gasteiger partial charge < -0.3 is 4.98 Å². The Morgan fingerprint density at radius 3 is 2.75 bits per heavy atom. The Bertz CT molecular complexity index is 337. The summed E-state index contributed by atoms with van der Waals surface area (Å²) in [6.45, 7) is 0. The Balaban J connectivity index is 0.000000720. The summed E-state index contributed by atoms with van der Waals surface area (Å²) in [6, 6.07) is 7.96. The van der Waals surface area contributed by atoms with Crippen LogP contribution in [-0.2, 0) is 5.75 Å². The molecule has 0 saturated heterocycles. The fraction of sp³-hybridized carbons (Fsp3) is 0.125. The fourth-order valence-electron chi connectivity index (χ4n) is 1.08. The van der Waals surface area contributed by atoms with Crippen molar-refractivity contribution in [3.8, 4) is 0 Å². The van der Waals surface area contributed by atoms with E-state index in [0.29, 0.717) is 5.75 Å². The molecule has 0 unspecified atom stereocenters. The van der Waals surface area contributed by atoms with E-state index in [2.05, 4.69) is 22.6 Å². The monoisotopic (exact) mass is 198 g/mol. The number of hydrogen-bond acceptors (Lipinski definition) is 2. The fourth-order valence-corrected chi connectivity index (χ4v) is 1.23. The van der Waals surface area contributed by atoms with Gasteiger partial charge in [-0.3, -0.25) is 0 Å². The van der Waals surface area contributed by atoms with Gasteiger partial charge in [0.1, 0.15) is 5.82 Å². The molecule has 0 fully saturated rings. The number of H-pyrrole nitrogens is 1. The number of thiol groups is 1. The quantitative estimate of drug-likeness (QED) is 0.675. The van der Waals surface area contributed by atoms with Crippen molar-refractivity contribution in [1.29, 1.82) is 0 Å². The molecule has 1 heterocycles. The molecule has 0 amide bonds. The van der Waals surface area contributed by atoms with Crippen molar-refractivity contribution in [3.05, 3.63) is 30.1 Å². The first kappa shape index (κ1) is 9.48. The number of benzene rings is 1. The molecule has 1 aromatic heterocycles. The van der Waals surface area contributed by atoms with Crippen molar-refractivity contribution >= 4 is 37.2 Å². The van der Waals surface area contributed by atoms with Gasteiger partial charge in [0.2, 0.25) is 0 Å². The second-order valence-electron chi connectivity index (χ2n) is 2.36. The van der Waals surface area contributed by atoms with Crippen molar-refractivity contribution in [2.75, 3.05) is 0 Å². The molecule has 2 nitrogen and oxygen atoms in total. The van der Waals surface area contributed by atoms with Gasteiger partial charge in [0.05, 0.1) is 11.0 Å². The molecule has 1 aromatic carbocycles. The van der Waals surface area contributed by atoms with Crippen LogP contribution in [0, 0.1) is 0 Å². The molecular formula is C8H10N2S2. The van der Waals surface area contributed by atoms with Crippen LogP contribution in [0.5, 0.6) is 0 Å². The van der Waals surface area contributed by atoms with E-state index in [4.69, 9.17) is 0 Å². The second kappa shape index (κ2) is 3.87. The molecule has 4 heteroatoms. The van der Waals surface area contributed by atoms with Gasteiger partial charge in [0, 0.05) is 5.75 Å². The number of imidazole rings is 1. The zero-order valence-corrected chi connectivity index (χ0v) is 8.31. The molecule has 64 valence electrons. The lowest BCUT2D eigenvalue weighted by Gasteiger charge is -1.81. The van der Waals surface area contributed by atoms with Crippen molar-refractivity contribution in [3.63, 3.8) is 0 Å². The van der Waals surface area contributed by atoms with Crippen LogP contribution >= 0.6 is 26.1 Å². The number of nitrogens with one attached hydrogen (secondary N) is 1. The highest BCUT2D eigenvalue weighted by atomic mass is 32.1. The molecule has 0 aliphatic rings. The van der Waals surface area contributed by atoms with Crippen LogP contribution in [0.15, 0.2) is 24.3 Å². The Hall–Kier alpha value is -0.610. The summed E-state index contributed by atoms with van der Waals surface area (Å²) in [7, 11) is 0. The Morgan fingerprint density at radius 1 is 1.33 bits per heavy atom. The lowest BCUT2D eigenvalue weighted by Crippen LogP contribution is -1.77. The van der Waals surface area contributed by atoms with Crippen LogP contribution in [0.2, 0.25) is 0 Å². The van der Waals surface area contributed by atoms with Gasteiger partial charge in [0.15, 0.2) is 0 Å². The third kappa shape index (κ3) is 1.59. The summed E-state index contributed by atoms with van der Waals surface area (Å²) in [4.78, 5) is 7.46. The summed E-state index contributed by atoms with van der Waals surface area (Å²) >= 11 is 4.13. The normalized spacial score (nSPS) is 9.75. The molecular weight excluding hydrogens is 188 g/mol. The molecule has 0 aliphatic carbocycles. The minimum atomic E-state index is 0. The molecule has 12 heavy (non-hydrogen) atoms. The average molecular weight is 198 g/mol. The molecule has 0 bridgehead atoms. The Kier molecular flexibility index (Phi) is 3.05. The van der Waals surface area contributed by atoms with Crippen molar-refractivity contribution < 1.29 is 0 Å². The van der Waals surface area contributed by atoms with Crippen molar-refractivity contribution in [1.82, 2.24) is 9.97 Å². The topological polar surface area (TPSA) is 28.7 Å². The largest absolute Gasteiger partial charge is 0.341 e. The standard InChI is InChI=1S/C8H8N2S.H2S/c11-5-8-9-6-3-1-2-4-7(6)10-8;/h1-4,11H,5H2,(H,9,10);1H2. The van der Waals surface area contributed by atoms with Crippen molar-refractivity contribution in [2.45, 2.75) is 5.75 Å². The van der Waals surface area contributed by atoms with Crippen molar-refractivity contribution in [2.24, 2.45) is 0 Å². The number of aromatic amines is 1. The maximum atomic E-state index is 4.30. The number of hydrogen-bond donors (Lipinski definition) is 2. The van der Waals surface area contributed by atoms with Gasteiger partial charge in [0.25, 0.3) is 0 Å². The van der Waals surface area contributed by atoms with E-state index in [1.165, 1.54) is 0 Å². The van der Waals surface area contributed by atoms with Gasteiger partial charge in [-0.2, -0.15) is 26.1 Å². The van der Waals surface area contributed by atoms with E-state index >= 15 is 0 Å². The van der Waals surface area contributed by atoms with Gasteiger partial charge in [-0.1, -0.05) is 12.1 Å². The van der Waals surface area contributed by atoms with Crippen LogP contribution in [0.1, 0.15) is 5.82 Å². The Labute approximate surface area is 83.3 Å². The van der Waals surface area contributed by atoms with E-state index in [-0.39, 0.29) is 13.5 Å². The number of nitrogens with zero attached hydrogens (tertiary/aromatic N) is 1. The summed E-state index contributed by atoms with van der Waals surface area (Å²) in [5, 5.41) is 0. The van der Waals surface area contributed by atoms with E-state index in [1.54, 1.807) is 0 Å². The van der Waals surface area contributed by atoms with Crippen LogP contribution < -0.4 is 0 Å². The minimum Gasteiger partial charge on any atom is -0.341 e. The summed E-state index contributed by atoms with van der Waals surface area (Å²) in [6.07, 6.45) is 0. The Morgan fingerprint density at radius 2 is 2.08 bits per heavy atom. The molecule has 0 radical (unpaired) electrons. The highest BCUT2D eigenvalue weighted by Crippen LogP contribution is 2.10. The van der Waals surface area contributed by atoms with Crippen LogP contribution in [0.25, 0.3) is 11.0 Å². The molecule has 2 rings (SSSR count). The summed E-state index contributed by atoms with van der Waals surface area (Å²) in [5.74, 6) is 1.59. The molecule has 0 aliphatic heterocycles. The van der Waals surface area contributed by atoms with E-state index in [0.717, 1.165) is 16.9 Å². The molecule has 1 N–H and O–H groups in total. The molecule has 2 aromatic rings. The third-order valence-corrected chi connectivity index (χ3v) is 1.89. The lowest BCUT2D eigenvalue weighted by molar-refractivity contribution is 1.15. The van der Waals surface area contributed by atoms with Crippen LogP contribution in [0.4, 0.5) is 0 Å². The van der Waals surface area contributed by atoms with Crippen LogP contribution in [0.3, 0.4) is 0 Å². The van der Waals surface area contributed by atoms with E-state index in [1.807, 2.05) is 24.3 Å². The predicted octanol–water partition coefficient (Wildman–Crippen LogP) is 2.11. The zero-order valence-electron chi connectivity index (χ0n) is 6.41. The number of rotatable bonds is 1. The third-order valence-electron chi connectivity index (χ3n) is 1.59. The SMILES string of the molecule is S.SCc1nc2ccccc2[nH]1. The van der Waals surface area contributed by atoms with Crippen LogP contribution in [-0.4, -0.2) is 9.97 Å². The maximum Gasteiger partial charge on any atom is 0.116 e. The number of aromatic nitrogens is 2. The first-order valence-electron chi connectivity index (χ1n) is 3.44. The maximum absolute atomic E-state index is 4.30. The summed E-state index contributed by atoms with van der Waals surface area (Å²) < 4.78 is 0. The van der Waals surface area contributed by atoms with Gasteiger partial charge in [-0.05, 0) is 12.1 Å². The molecule has 0 spiro atoms. The lowest BCUT2D eigenvalue weighted by atomic mass is 10.3. The first-order valence-corrected chi connectivity index (χ1v) is 4.08. The van der Waals surface area contributed by atoms with E-state index in [9.17, 15) is 0 Å². The number of para-hydroxylation sites is 2. The van der Waals surface area contributed by atoms with E-state index < -0.39 is 0 Å². The predicted molar refractivity (Wildman–Crippen MR) is 59.2 cm³/mol. The van der Waals surface area contributed by atoms with Gasteiger partial charge >= 0.3 is 0 Å². The van der Waals surface area contributed by atoms with Gasteiger partial charge in [-0.25, -0.2) is 4.98 Å². The zero-order chi connectivity index (χ0) is 7.68. The summed E-state index contributed by atoms with van der Waals surface area (Å²) in [5.41, 5.74) is 2.09. The van der Waals surface area contributed by atoms with Gasteiger partial charge in [-0.15, -0.1) is 0 Å². The highest BCUT2D eigenvalue weighted by molar-refractivity contribution is 7.79. The average Bonchev–Trinajstić information content (AvgIpc) is 2.46. The number of fused-ring (bicyclic) bond motifs is 1. The second-order valence-corrected chi connectivity index (χ2v) is 2.67. The minimum absolute atomic E-state index is 0. The smallest absolute Gasteiger partial charge is 0.116 e. The first-order chi connectivity index (χ1) is 5.40. The highest BCUT2D eigenvalue weighted by Gasteiger charge is 1.97. The molecule has 0 atom stereocenters. The molecule has 0 saturated carbocycles.